The van der Waals surface area contributed by atoms with Gasteiger partial charge in [-0.05, 0) is 6.42 Å². The molecule has 0 spiro atoms. The first-order chi connectivity index (χ1) is 5.71. The van der Waals surface area contributed by atoms with E-state index in [-0.39, 0.29) is 6.42 Å². The van der Waals surface area contributed by atoms with Gasteiger partial charge in [-0.2, -0.15) is 0 Å². The third-order valence-corrected chi connectivity index (χ3v) is 4.00. The molecule has 0 saturated heterocycles. The van der Waals surface area contributed by atoms with E-state index >= 15 is 0 Å². The molecule has 0 rings (SSSR count). The van der Waals surface area contributed by atoms with Crippen LogP contribution in [0.3, 0.4) is 0 Å². The summed E-state index contributed by atoms with van der Waals surface area (Å²) in [5, 5.41) is 0. The van der Waals surface area contributed by atoms with Gasteiger partial charge in [-0.3, -0.25) is 0 Å². The topological polar surface area (TPSA) is 0 Å². The molecule has 0 aliphatic heterocycles. The van der Waals surface area contributed by atoms with Crippen molar-refractivity contribution in [1.29, 1.82) is 0 Å². The first-order valence-electron chi connectivity index (χ1n) is 3.31. The molecule has 0 amide bonds. The van der Waals surface area contributed by atoms with Crippen LogP contribution in [0.5, 0.6) is 0 Å². The molecule has 0 saturated carbocycles. The van der Waals surface area contributed by atoms with Gasteiger partial charge in [-0.25, -0.2) is 0 Å². The summed E-state index contributed by atoms with van der Waals surface area (Å²) >= 11 is 39.8. The van der Waals surface area contributed by atoms with Crippen molar-refractivity contribution in [2.24, 2.45) is 0 Å². The lowest BCUT2D eigenvalue weighted by Gasteiger charge is -2.28. The molecule has 0 N–H and O–H groups in total. The van der Waals surface area contributed by atoms with Gasteiger partial charge in [0.1, 0.15) is 9.17 Å². The first-order valence-corrected chi connectivity index (χ1v) is 6.23. The average Bonchev–Trinajstić information content (AvgIpc) is 1.83. The number of hydrogen-bond donors (Lipinski definition) is 0. The minimum atomic E-state index is -1.36. The van der Waals surface area contributed by atoms with Gasteiger partial charge < -0.3 is 0 Å². The quantitative estimate of drug-likeness (QED) is 0.612. The Morgan fingerprint density at radius 1 is 1.00 bits per heavy atom. The molecule has 0 aliphatic carbocycles. The zero-order valence-electron chi connectivity index (χ0n) is 6.34. The Kier molecular flexibility index (Phi) is 6.86. The molecule has 0 bridgehead atoms. The fourth-order valence-electron chi connectivity index (χ4n) is 0.649. The molecule has 0 aliphatic rings. The lowest BCUT2D eigenvalue weighted by Crippen LogP contribution is -2.31. The van der Waals surface area contributed by atoms with Crippen molar-refractivity contribution in [3.8, 4) is 0 Å². The summed E-state index contributed by atoms with van der Waals surface area (Å²) in [6.45, 7) is 0. The number of alkyl halides is 7. The average molecular weight is 327 g/mol. The summed E-state index contributed by atoms with van der Waals surface area (Å²) in [6.07, 6.45) is 0.413. The molecule has 80 valence electrons. The van der Waals surface area contributed by atoms with Gasteiger partial charge in [0.15, 0.2) is 4.33 Å². The molecule has 0 nitrogen and oxygen atoms in total. The second kappa shape index (κ2) is 5.94. The SMILES string of the molecule is ClCCC(Cl)(Cl)CC(Cl)(Cl)C(Cl)Cl. The summed E-state index contributed by atoms with van der Waals surface area (Å²) < 4.78 is -2.47. The maximum absolute atomic E-state index is 5.86. The maximum atomic E-state index is 5.86. The van der Waals surface area contributed by atoms with E-state index in [1.807, 2.05) is 0 Å². The van der Waals surface area contributed by atoms with E-state index in [1.54, 1.807) is 0 Å². The highest BCUT2D eigenvalue weighted by molar-refractivity contribution is 6.60. The largest absolute Gasteiger partial charge is 0.151 e. The molecule has 7 heteroatoms. The highest BCUT2D eigenvalue weighted by Gasteiger charge is 2.40. The first kappa shape index (κ1) is 15.0. The molecule has 0 atom stereocenters. The third-order valence-electron chi connectivity index (χ3n) is 1.27. The van der Waals surface area contributed by atoms with Crippen molar-refractivity contribution >= 4 is 81.2 Å². The Morgan fingerprint density at radius 3 is 1.77 bits per heavy atom. The Morgan fingerprint density at radius 2 is 1.46 bits per heavy atom. The van der Waals surface area contributed by atoms with Gasteiger partial charge in [0.25, 0.3) is 0 Å². The third kappa shape index (κ3) is 6.25. The highest BCUT2D eigenvalue weighted by Crippen LogP contribution is 2.44. The number of rotatable bonds is 5. The zero-order chi connectivity index (χ0) is 10.7. The van der Waals surface area contributed by atoms with Gasteiger partial charge in [-0.1, -0.05) is 23.2 Å². The van der Waals surface area contributed by atoms with Crippen LogP contribution >= 0.6 is 81.2 Å². The van der Waals surface area contributed by atoms with Crippen LogP contribution in [0, 0.1) is 0 Å². The van der Waals surface area contributed by atoms with Gasteiger partial charge in [0, 0.05) is 12.3 Å². The van der Waals surface area contributed by atoms with Crippen LogP contribution in [0.1, 0.15) is 12.8 Å². The van der Waals surface area contributed by atoms with Crippen molar-refractivity contribution in [3.05, 3.63) is 0 Å². The number of hydrogen-bond acceptors (Lipinski definition) is 0. The summed E-state index contributed by atoms with van der Waals surface area (Å²) in [5.74, 6) is 0.312. The van der Waals surface area contributed by atoms with Gasteiger partial charge in [0.05, 0.1) is 0 Å². The van der Waals surface area contributed by atoms with Gasteiger partial charge >= 0.3 is 0 Å². The van der Waals surface area contributed by atoms with Crippen LogP contribution in [0.15, 0.2) is 0 Å². The van der Waals surface area contributed by atoms with E-state index in [1.165, 1.54) is 0 Å². The van der Waals surface area contributed by atoms with E-state index in [4.69, 9.17) is 81.2 Å². The fourth-order valence-corrected chi connectivity index (χ4v) is 2.66. The standard InChI is InChI=1S/C6H7Cl7/c7-2-1-5(10,11)3-6(12,13)4(8)9/h4H,1-3H2. The molecular formula is C6H7Cl7. The van der Waals surface area contributed by atoms with Crippen LogP contribution in [0.4, 0.5) is 0 Å². The second-order valence-corrected chi connectivity index (χ2v) is 7.19. The Labute approximate surface area is 113 Å². The summed E-state index contributed by atoms with van der Waals surface area (Å²) in [4.78, 5) is -0.956. The van der Waals surface area contributed by atoms with Crippen molar-refractivity contribution < 1.29 is 0 Å². The van der Waals surface area contributed by atoms with E-state index in [9.17, 15) is 0 Å². The molecule has 13 heavy (non-hydrogen) atoms. The lowest BCUT2D eigenvalue weighted by atomic mass is 10.2. The molecule has 0 radical (unpaired) electrons. The van der Waals surface area contributed by atoms with Crippen molar-refractivity contribution in [1.82, 2.24) is 0 Å². The molecule has 0 fully saturated rings. The van der Waals surface area contributed by atoms with Crippen LogP contribution in [0.25, 0.3) is 0 Å². The minimum Gasteiger partial charge on any atom is -0.127 e. The smallest absolute Gasteiger partial charge is 0.127 e. The summed E-state index contributed by atoms with van der Waals surface area (Å²) in [7, 11) is 0. The van der Waals surface area contributed by atoms with Crippen molar-refractivity contribution in [3.63, 3.8) is 0 Å². The normalized spacial score (nSPS) is 13.8. The molecule has 0 aromatic heterocycles. The van der Waals surface area contributed by atoms with Crippen LogP contribution in [-0.4, -0.2) is 19.4 Å². The van der Waals surface area contributed by atoms with E-state index in [0.29, 0.717) is 12.3 Å². The second-order valence-electron chi connectivity index (χ2n) is 2.53. The van der Waals surface area contributed by atoms with Crippen LogP contribution < -0.4 is 0 Å². The van der Waals surface area contributed by atoms with E-state index in [0.717, 1.165) is 0 Å². The predicted molar refractivity (Wildman–Crippen MR) is 64.3 cm³/mol. The molecule has 0 unspecified atom stereocenters. The summed E-state index contributed by atoms with van der Waals surface area (Å²) in [6, 6.07) is 0. The molecule has 0 aromatic carbocycles. The molecule has 0 heterocycles. The van der Waals surface area contributed by atoms with Crippen LogP contribution in [-0.2, 0) is 0 Å². The van der Waals surface area contributed by atoms with Gasteiger partial charge in [-0.15, -0.1) is 58.0 Å². The minimum absolute atomic E-state index is 0.0522. The van der Waals surface area contributed by atoms with Crippen molar-refractivity contribution in [2.45, 2.75) is 26.3 Å². The zero-order valence-corrected chi connectivity index (χ0v) is 11.6. The lowest BCUT2D eigenvalue weighted by molar-refractivity contribution is 0.624. The Hall–Kier alpha value is 2.03. The summed E-state index contributed by atoms with van der Waals surface area (Å²) in [5.41, 5.74) is 0. The predicted octanol–water partition coefficient (Wildman–Crippen LogP) is 5.16. The fraction of sp³-hybridized carbons (Fsp3) is 1.00. The monoisotopic (exact) mass is 324 g/mol. The van der Waals surface area contributed by atoms with Crippen LogP contribution in [0.2, 0.25) is 0 Å². The van der Waals surface area contributed by atoms with E-state index < -0.39 is 13.5 Å². The van der Waals surface area contributed by atoms with E-state index in [2.05, 4.69) is 0 Å². The number of halogens is 7. The Balaban J connectivity index is 4.24. The molecule has 0 aromatic rings. The van der Waals surface area contributed by atoms with Crippen molar-refractivity contribution in [2.75, 3.05) is 5.88 Å². The molecular weight excluding hydrogens is 320 g/mol. The maximum Gasteiger partial charge on any atom is 0.151 e. The highest BCUT2D eigenvalue weighted by atomic mass is 35.5. The van der Waals surface area contributed by atoms with Gasteiger partial charge in [0.2, 0.25) is 0 Å². The Bertz CT molecular complexity index is 153.